The second-order valence-corrected chi connectivity index (χ2v) is 3.77. The molecule has 0 saturated heterocycles. The monoisotopic (exact) mass is 241 g/mol. The molecule has 1 rings (SSSR count). The zero-order valence-electron chi connectivity index (χ0n) is 9.13. The first-order valence-corrected chi connectivity index (χ1v) is 5.01. The number of aliphatic hydroxyl groups excluding tert-OH is 3. The van der Waals surface area contributed by atoms with E-state index in [1.54, 1.807) is 6.07 Å². The summed E-state index contributed by atoms with van der Waals surface area (Å²) in [5.41, 5.74) is -0.781. The first kappa shape index (κ1) is 13.4. The maximum absolute atomic E-state index is 10.8. The number of nitrogens with one attached hydrogen (secondary N) is 1. The number of hydrogen-bond donors (Lipinski definition) is 5. The third-order valence-corrected chi connectivity index (χ3v) is 2.43. The van der Waals surface area contributed by atoms with Crippen LogP contribution in [0.1, 0.15) is 10.4 Å². The van der Waals surface area contributed by atoms with Crippen LogP contribution < -0.4 is 5.32 Å². The molecule has 0 saturated carbocycles. The summed E-state index contributed by atoms with van der Waals surface area (Å²) in [7, 11) is 0. The van der Waals surface area contributed by atoms with Crippen LogP contribution in [0.5, 0.6) is 0 Å². The van der Waals surface area contributed by atoms with Crippen LogP contribution in [0.2, 0.25) is 0 Å². The molecule has 0 unspecified atom stereocenters. The van der Waals surface area contributed by atoms with E-state index in [1.165, 1.54) is 18.2 Å². The summed E-state index contributed by atoms with van der Waals surface area (Å²) in [6, 6.07) is 5.90. The Morgan fingerprint density at radius 3 is 2.24 bits per heavy atom. The molecule has 17 heavy (non-hydrogen) atoms. The zero-order valence-corrected chi connectivity index (χ0v) is 9.13. The number of carboxylic acid groups (broad SMARTS) is 1. The Hall–Kier alpha value is -1.63. The predicted octanol–water partition coefficient (Wildman–Crippen LogP) is -0.488. The van der Waals surface area contributed by atoms with Gasteiger partial charge in [0.05, 0.1) is 25.4 Å². The van der Waals surface area contributed by atoms with Crippen molar-refractivity contribution in [2.24, 2.45) is 0 Å². The van der Waals surface area contributed by atoms with E-state index in [-0.39, 0.29) is 5.56 Å². The van der Waals surface area contributed by atoms with Crippen LogP contribution in [0.25, 0.3) is 0 Å². The lowest BCUT2D eigenvalue weighted by molar-refractivity contribution is 0.0697. The molecule has 0 amide bonds. The molecule has 0 aliphatic rings. The van der Waals surface area contributed by atoms with E-state index in [1.807, 2.05) is 0 Å². The molecule has 0 heterocycles. The second-order valence-electron chi connectivity index (χ2n) is 3.77. The molecule has 6 nitrogen and oxygen atoms in total. The van der Waals surface area contributed by atoms with Crippen LogP contribution in [-0.2, 0) is 0 Å². The Bertz CT molecular complexity index is 381. The number of benzene rings is 1. The summed E-state index contributed by atoms with van der Waals surface area (Å²) in [5, 5.41) is 38.9. The Kier molecular flexibility index (Phi) is 4.45. The fraction of sp³-hybridized carbons (Fsp3) is 0.364. The lowest BCUT2D eigenvalue weighted by Crippen LogP contribution is -2.49. The van der Waals surface area contributed by atoms with Gasteiger partial charge in [0, 0.05) is 5.69 Å². The topological polar surface area (TPSA) is 110 Å². The van der Waals surface area contributed by atoms with Gasteiger partial charge < -0.3 is 25.7 Å². The number of aliphatic hydroxyl groups is 3. The molecule has 6 heteroatoms. The number of rotatable bonds is 6. The Labute approximate surface area is 98.1 Å². The summed E-state index contributed by atoms with van der Waals surface area (Å²) in [6.45, 7) is -1.42. The Morgan fingerprint density at radius 2 is 1.76 bits per heavy atom. The van der Waals surface area contributed by atoms with Crippen LogP contribution >= 0.6 is 0 Å². The van der Waals surface area contributed by atoms with Gasteiger partial charge in [-0.3, -0.25) is 0 Å². The molecule has 94 valence electrons. The number of anilines is 1. The highest BCUT2D eigenvalue weighted by Crippen LogP contribution is 2.16. The van der Waals surface area contributed by atoms with Gasteiger partial charge in [0.1, 0.15) is 5.54 Å². The van der Waals surface area contributed by atoms with Crippen molar-refractivity contribution in [1.82, 2.24) is 0 Å². The van der Waals surface area contributed by atoms with Gasteiger partial charge in [0.25, 0.3) is 0 Å². The van der Waals surface area contributed by atoms with Crippen molar-refractivity contribution < 1.29 is 25.2 Å². The number of aromatic carboxylic acids is 1. The Morgan fingerprint density at radius 1 is 1.18 bits per heavy atom. The van der Waals surface area contributed by atoms with Crippen molar-refractivity contribution in [3.63, 3.8) is 0 Å². The lowest BCUT2D eigenvalue weighted by Gasteiger charge is -2.29. The van der Waals surface area contributed by atoms with Gasteiger partial charge in [-0.1, -0.05) is 6.07 Å². The molecule has 0 fully saturated rings. The molecule has 0 aromatic heterocycles. The van der Waals surface area contributed by atoms with E-state index in [9.17, 15) is 4.79 Å². The maximum Gasteiger partial charge on any atom is 0.335 e. The van der Waals surface area contributed by atoms with Crippen molar-refractivity contribution in [2.75, 3.05) is 25.1 Å². The van der Waals surface area contributed by atoms with Crippen LogP contribution in [0.15, 0.2) is 24.3 Å². The van der Waals surface area contributed by atoms with Gasteiger partial charge in [-0.25, -0.2) is 4.79 Å². The Balaban J connectivity index is 2.93. The minimum Gasteiger partial charge on any atom is -0.478 e. The minimum atomic E-state index is -1.27. The molecule has 0 aliphatic carbocycles. The molecule has 1 aromatic carbocycles. The molecule has 0 atom stereocenters. The molecular weight excluding hydrogens is 226 g/mol. The number of carboxylic acids is 1. The van der Waals surface area contributed by atoms with Crippen molar-refractivity contribution in [2.45, 2.75) is 5.54 Å². The summed E-state index contributed by atoms with van der Waals surface area (Å²) < 4.78 is 0. The highest BCUT2D eigenvalue weighted by Gasteiger charge is 2.27. The fourth-order valence-corrected chi connectivity index (χ4v) is 1.30. The smallest absolute Gasteiger partial charge is 0.335 e. The molecule has 5 N–H and O–H groups in total. The quantitative estimate of drug-likeness (QED) is 0.460. The van der Waals surface area contributed by atoms with Crippen molar-refractivity contribution in [3.8, 4) is 0 Å². The lowest BCUT2D eigenvalue weighted by atomic mass is 10.0. The molecule has 0 bridgehead atoms. The normalized spacial score (nSPS) is 11.2. The first-order chi connectivity index (χ1) is 8.06. The number of hydrogen-bond acceptors (Lipinski definition) is 5. The average Bonchev–Trinajstić information content (AvgIpc) is 2.36. The second kappa shape index (κ2) is 5.62. The molecule has 0 radical (unpaired) electrons. The van der Waals surface area contributed by atoms with Gasteiger partial charge in [-0.05, 0) is 18.2 Å². The van der Waals surface area contributed by atoms with Gasteiger partial charge in [-0.15, -0.1) is 0 Å². The van der Waals surface area contributed by atoms with Crippen LogP contribution in [-0.4, -0.2) is 51.8 Å². The summed E-state index contributed by atoms with van der Waals surface area (Å²) in [5.74, 6) is -1.07. The standard InChI is InChI=1S/C11H15NO5/c13-5-11(6-14,7-15)12-9-3-1-2-8(4-9)10(16)17/h1-4,12-15H,5-7H2,(H,16,17). The van der Waals surface area contributed by atoms with E-state index >= 15 is 0 Å². The minimum absolute atomic E-state index is 0.0812. The maximum atomic E-state index is 10.8. The van der Waals surface area contributed by atoms with Crippen molar-refractivity contribution in [1.29, 1.82) is 0 Å². The molecule has 1 aromatic rings. The van der Waals surface area contributed by atoms with E-state index in [2.05, 4.69) is 5.32 Å². The fourth-order valence-electron chi connectivity index (χ4n) is 1.30. The van der Waals surface area contributed by atoms with Crippen molar-refractivity contribution >= 4 is 11.7 Å². The average molecular weight is 241 g/mol. The predicted molar refractivity (Wildman–Crippen MR) is 61.0 cm³/mol. The van der Waals surface area contributed by atoms with E-state index in [0.29, 0.717) is 5.69 Å². The van der Waals surface area contributed by atoms with Gasteiger partial charge >= 0.3 is 5.97 Å². The third-order valence-electron chi connectivity index (χ3n) is 2.43. The van der Waals surface area contributed by atoms with Crippen LogP contribution in [0, 0.1) is 0 Å². The molecular formula is C11H15NO5. The first-order valence-electron chi connectivity index (χ1n) is 5.01. The van der Waals surface area contributed by atoms with Crippen molar-refractivity contribution in [3.05, 3.63) is 29.8 Å². The highest BCUT2D eigenvalue weighted by molar-refractivity contribution is 5.88. The van der Waals surface area contributed by atoms with Gasteiger partial charge in [0.2, 0.25) is 0 Å². The summed E-state index contributed by atoms with van der Waals surface area (Å²) in [4.78, 5) is 10.8. The highest BCUT2D eigenvalue weighted by atomic mass is 16.4. The van der Waals surface area contributed by atoms with E-state index in [4.69, 9.17) is 20.4 Å². The van der Waals surface area contributed by atoms with Gasteiger partial charge in [-0.2, -0.15) is 0 Å². The third kappa shape index (κ3) is 3.16. The summed E-state index contributed by atoms with van der Waals surface area (Å²) >= 11 is 0. The van der Waals surface area contributed by atoms with E-state index < -0.39 is 31.3 Å². The van der Waals surface area contributed by atoms with Crippen LogP contribution in [0.3, 0.4) is 0 Å². The largest absolute Gasteiger partial charge is 0.478 e. The summed E-state index contributed by atoms with van der Waals surface area (Å²) in [6.07, 6.45) is 0. The molecule has 0 aliphatic heterocycles. The van der Waals surface area contributed by atoms with Crippen LogP contribution in [0.4, 0.5) is 5.69 Å². The zero-order chi connectivity index (χ0) is 12.9. The van der Waals surface area contributed by atoms with E-state index in [0.717, 1.165) is 0 Å². The SMILES string of the molecule is O=C(O)c1cccc(NC(CO)(CO)CO)c1. The van der Waals surface area contributed by atoms with Gasteiger partial charge in [0.15, 0.2) is 0 Å². The number of carbonyl (C=O) groups is 1. The molecule has 0 spiro atoms.